The van der Waals surface area contributed by atoms with Crippen molar-refractivity contribution in [2.75, 3.05) is 7.11 Å². The standard InChI is InChI=1S/C33H37N5O5/c1-21-11-9-16-24(19-21)37-31(41)28(32(43-2)38(33(37)42)23-14-7-4-8-15-23)35-34-26-18-10-17-25-27(26)30(40)36(29(25)39)20-22-12-5-3-6-13-22/h3,5-6,10,12-13,17-18,21,23-24H,4,7-9,11,14-16,19-20H2,1-2H3. The molecule has 2 fully saturated rings. The molecule has 2 aromatic carbocycles. The lowest BCUT2D eigenvalue weighted by molar-refractivity contribution is 0.0642. The van der Waals surface area contributed by atoms with E-state index in [1.165, 1.54) is 16.6 Å². The van der Waals surface area contributed by atoms with Crippen molar-refractivity contribution >= 4 is 23.2 Å². The number of azo groups is 1. The number of imide groups is 1. The van der Waals surface area contributed by atoms with Crippen LogP contribution in [0.15, 0.2) is 68.3 Å². The van der Waals surface area contributed by atoms with E-state index >= 15 is 0 Å². The Balaban J connectivity index is 1.44. The summed E-state index contributed by atoms with van der Waals surface area (Å²) in [5, 5.41) is 8.77. The average Bonchev–Trinajstić information content (AvgIpc) is 3.26. The lowest BCUT2D eigenvalue weighted by Gasteiger charge is -2.31. The third-order valence-corrected chi connectivity index (χ3v) is 9.08. The normalized spacial score (nSPS) is 21.0. The molecule has 10 nitrogen and oxygen atoms in total. The molecule has 2 saturated carbocycles. The molecule has 0 bridgehead atoms. The Morgan fingerprint density at radius 2 is 1.53 bits per heavy atom. The Hall–Kier alpha value is -4.34. The van der Waals surface area contributed by atoms with E-state index in [-0.39, 0.29) is 52.7 Å². The molecular weight excluding hydrogens is 546 g/mol. The number of carbonyl (C=O) groups is 2. The van der Waals surface area contributed by atoms with E-state index in [9.17, 15) is 19.2 Å². The van der Waals surface area contributed by atoms with E-state index in [0.717, 1.165) is 63.4 Å². The monoisotopic (exact) mass is 583 g/mol. The van der Waals surface area contributed by atoms with Crippen molar-refractivity contribution in [3.05, 3.63) is 86.1 Å². The Kier molecular flexibility index (Phi) is 8.10. The molecular formula is C33H37N5O5. The van der Waals surface area contributed by atoms with Crippen molar-refractivity contribution < 1.29 is 14.3 Å². The van der Waals surface area contributed by atoms with Crippen molar-refractivity contribution in [2.45, 2.75) is 83.3 Å². The van der Waals surface area contributed by atoms with Crippen molar-refractivity contribution in [3.8, 4) is 5.88 Å². The maximum absolute atomic E-state index is 14.0. The van der Waals surface area contributed by atoms with E-state index < -0.39 is 17.4 Å². The number of amides is 2. The van der Waals surface area contributed by atoms with Crippen LogP contribution in [0.2, 0.25) is 0 Å². The van der Waals surface area contributed by atoms with Gasteiger partial charge in [-0.2, -0.15) is 0 Å². The van der Waals surface area contributed by atoms with Crippen LogP contribution in [0.3, 0.4) is 0 Å². The third-order valence-electron chi connectivity index (χ3n) is 9.08. The first-order valence-electron chi connectivity index (χ1n) is 15.3. The maximum atomic E-state index is 14.0. The zero-order valence-electron chi connectivity index (χ0n) is 24.7. The molecule has 43 heavy (non-hydrogen) atoms. The first-order valence-corrected chi connectivity index (χ1v) is 15.3. The third kappa shape index (κ3) is 5.34. The Morgan fingerprint density at radius 3 is 2.26 bits per heavy atom. The molecule has 0 radical (unpaired) electrons. The van der Waals surface area contributed by atoms with Crippen LogP contribution in [0.4, 0.5) is 11.4 Å². The van der Waals surface area contributed by atoms with Gasteiger partial charge in [-0.25, -0.2) is 4.79 Å². The van der Waals surface area contributed by atoms with Gasteiger partial charge in [0.05, 0.1) is 30.5 Å². The highest BCUT2D eigenvalue weighted by Crippen LogP contribution is 2.37. The fourth-order valence-electron chi connectivity index (χ4n) is 6.92. The minimum atomic E-state index is -0.544. The lowest BCUT2D eigenvalue weighted by atomic mass is 9.87. The summed E-state index contributed by atoms with van der Waals surface area (Å²) in [6.45, 7) is 2.28. The second kappa shape index (κ2) is 12.1. The molecule has 0 N–H and O–H groups in total. The highest BCUT2D eigenvalue weighted by Gasteiger charge is 2.38. The van der Waals surface area contributed by atoms with Gasteiger partial charge in [-0.3, -0.25) is 28.4 Å². The van der Waals surface area contributed by atoms with Gasteiger partial charge in [0, 0.05) is 12.1 Å². The lowest BCUT2D eigenvalue weighted by Crippen LogP contribution is -2.44. The number of hydrogen-bond donors (Lipinski definition) is 0. The van der Waals surface area contributed by atoms with E-state index in [2.05, 4.69) is 17.2 Å². The Bertz CT molecular complexity index is 1690. The number of aromatic nitrogens is 2. The van der Waals surface area contributed by atoms with Crippen LogP contribution in [-0.2, 0) is 6.54 Å². The number of fused-ring (bicyclic) bond motifs is 1. The Morgan fingerprint density at radius 1 is 0.791 bits per heavy atom. The van der Waals surface area contributed by atoms with Crippen molar-refractivity contribution in [1.82, 2.24) is 14.0 Å². The van der Waals surface area contributed by atoms with E-state index in [0.29, 0.717) is 5.92 Å². The number of rotatable bonds is 7. The molecule has 0 saturated heterocycles. The van der Waals surface area contributed by atoms with Gasteiger partial charge >= 0.3 is 5.69 Å². The smallest absolute Gasteiger partial charge is 0.334 e. The van der Waals surface area contributed by atoms with Gasteiger partial charge in [-0.05, 0) is 49.3 Å². The molecule has 0 spiro atoms. The van der Waals surface area contributed by atoms with Crippen LogP contribution in [-0.4, -0.2) is 33.0 Å². The van der Waals surface area contributed by atoms with Gasteiger partial charge in [-0.15, -0.1) is 10.2 Å². The molecule has 1 aromatic heterocycles. The first-order chi connectivity index (χ1) is 20.9. The molecule has 2 atom stereocenters. The molecule has 224 valence electrons. The first kappa shape index (κ1) is 28.8. The molecule has 3 aliphatic rings. The zero-order chi connectivity index (χ0) is 30.1. The van der Waals surface area contributed by atoms with E-state index in [1.54, 1.807) is 22.8 Å². The number of nitrogens with zero attached hydrogens (tertiary/aromatic N) is 5. The minimum Gasteiger partial charge on any atom is -0.480 e. The topological polar surface area (TPSA) is 115 Å². The molecule has 1 aliphatic heterocycles. The van der Waals surface area contributed by atoms with Crippen LogP contribution in [0.25, 0.3) is 0 Å². The fraction of sp³-hybridized carbons (Fsp3) is 0.455. The zero-order valence-corrected chi connectivity index (χ0v) is 24.7. The quantitative estimate of drug-likeness (QED) is 0.233. The summed E-state index contributed by atoms with van der Waals surface area (Å²) in [6.07, 6.45) is 8.19. The summed E-state index contributed by atoms with van der Waals surface area (Å²) in [5.41, 5.74) is 0.426. The number of benzene rings is 2. The molecule has 6 rings (SSSR count). The van der Waals surface area contributed by atoms with Crippen LogP contribution in [0.1, 0.15) is 103 Å². The molecule has 2 heterocycles. The van der Waals surface area contributed by atoms with Crippen molar-refractivity contribution in [1.29, 1.82) is 0 Å². The van der Waals surface area contributed by atoms with E-state index in [4.69, 9.17) is 4.74 Å². The molecule has 2 unspecified atom stereocenters. The molecule has 2 aliphatic carbocycles. The SMILES string of the molecule is COc1c(N=Nc2cccc3c2C(=O)N(Cc2ccccc2)C3=O)c(=O)n(C2CCCC(C)C2)c(=O)n1C1CCCCC1. The maximum Gasteiger partial charge on any atom is 0.334 e. The van der Waals surface area contributed by atoms with Gasteiger partial charge in [0.15, 0.2) is 0 Å². The summed E-state index contributed by atoms with van der Waals surface area (Å²) >= 11 is 0. The summed E-state index contributed by atoms with van der Waals surface area (Å²) in [5.74, 6) is -0.384. The van der Waals surface area contributed by atoms with Crippen LogP contribution in [0.5, 0.6) is 5.88 Å². The second-order valence-corrected chi connectivity index (χ2v) is 12.0. The molecule has 2 amide bonds. The summed E-state index contributed by atoms with van der Waals surface area (Å²) in [7, 11) is 1.43. The summed E-state index contributed by atoms with van der Waals surface area (Å²) in [6, 6.07) is 13.8. The molecule has 10 heteroatoms. The Labute approximate surface area is 250 Å². The van der Waals surface area contributed by atoms with Crippen LogP contribution >= 0.6 is 0 Å². The van der Waals surface area contributed by atoms with Gasteiger partial charge in [0.25, 0.3) is 17.4 Å². The van der Waals surface area contributed by atoms with Crippen molar-refractivity contribution in [3.63, 3.8) is 0 Å². The average molecular weight is 584 g/mol. The van der Waals surface area contributed by atoms with Crippen LogP contribution < -0.4 is 16.0 Å². The second-order valence-electron chi connectivity index (χ2n) is 12.0. The molecule has 3 aromatic rings. The van der Waals surface area contributed by atoms with Gasteiger partial charge in [0.1, 0.15) is 0 Å². The van der Waals surface area contributed by atoms with Crippen molar-refractivity contribution in [2.24, 2.45) is 16.1 Å². The predicted octanol–water partition coefficient (Wildman–Crippen LogP) is 6.49. The van der Waals surface area contributed by atoms with E-state index in [1.807, 2.05) is 30.3 Å². The number of ether oxygens (including phenoxy) is 1. The van der Waals surface area contributed by atoms with Crippen LogP contribution in [0, 0.1) is 5.92 Å². The largest absolute Gasteiger partial charge is 0.480 e. The highest BCUT2D eigenvalue weighted by molar-refractivity contribution is 6.23. The summed E-state index contributed by atoms with van der Waals surface area (Å²) in [4.78, 5) is 55.9. The minimum absolute atomic E-state index is 0.0681. The number of carbonyl (C=O) groups excluding carboxylic acids is 2. The fourth-order valence-corrected chi connectivity index (χ4v) is 6.92. The summed E-state index contributed by atoms with van der Waals surface area (Å²) < 4.78 is 8.70. The van der Waals surface area contributed by atoms with Gasteiger partial charge < -0.3 is 4.74 Å². The number of hydrogen-bond acceptors (Lipinski definition) is 7. The predicted molar refractivity (Wildman–Crippen MR) is 162 cm³/mol. The van der Waals surface area contributed by atoms with Gasteiger partial charge in [-0.1, -0.05) is 75.4 Å². The van der Waals surface area contributed by atoms with Gasteiger partial charge in [0.2, 0.25) is 11.6 Å². The highest BCUT2D eigenvalue weighted by atomic mass is 16.5. The number of methoxy groups -OCH3 is 1.